The summed E-state index contributed by atoms with van der Waals surface area (Å²) < 4.78 is 24.6. The summed E-state index contributed by atoms with van der Waals surface area (Å²) in [5, 5.41) is 2.74. The molecule has 4 rings (SSSR count). The first-order chi connectivity index (χ1) is 11.6. The summed E-state index contributed by atoms with van der Waals surface area (Å²) >= 11 is 0. The van der Waals surface area contributed by atoms with Crippen molar-refractivity contribution in [3.63, 3.8) is 0 Å². The molecule has 3 aliphatic heterocycles. The van der Waals surface area contributed by atoms with Gasteiger partial charge in [-0.25, -0.2) is 9.18 Å². The van der Waals surface area contributed by atoms with Crippen molar-refractivity contribution in [2.75, 3.05) is 44.7 Å². The minimum Gasteiger partial charge on any atom is -0.347 e. The van der Waals surface area contributed by atoms with Crippen molar-refractivity contribution in [2.45, 2.75) is 24.7 Å². The van der Waals surface area contributed by atoms with E-state index in [1.807, 2.05) is 0 Å². The average Bonchev–Trinajstić information content (AvgIpc) is 2.96. The molecule has 3 aliphatic rings. The van der Waals surface area contributed by atoms with Gasteiger partial charge in [0, 0.05) is 50.7 Å². The molecule has 3 saturated heterocycles. The van der Waals surface area contributed by atoms with Crippen LogP contribution in [0.25, 0.3) is 0 Å². The Balaban J connectivity index is 1.24. The predicted molar refractivity (Wildman–Crippen MR) is 86.2 cm³/mol. The number of nitrogens with zero attached hydrogens (tertiary/aromatic N) is 2. The number of carbonyl (C=O) groups is 1. The zero-order valence-electron chi connectivity index (χ0n) is 13.5. The van der Waals surface area contributed by atoms with Gasteiger partial charge >= 0.3 is 6.03 Å². The highest BCUT2D eigenvalue weighted by Crippen LogP contribution is 2.33. The first-order valence-corrected chi connectivity index (χ1v) is 8.47. The Morgan fingerprint density at radius 1 is 1.21 bits per heavy atom. The predicted octanol–water partition coefficient (Wildman–Crippen LogP) is 1.88. The highest BCUT2D eigenvalue weighted by molar-refractivity contribution is 5.89. The molecular formula is C17H22FN3O3. The van der Waals surface area contributed by atoms with E-state index in [2.05, 4.69) is 10.2 Å². The van der Waals surface area contributed by atoms with Gasteiger partial charge in [0.25, 0.3) is 0 Å². The van der Waals surface area contributed by atoms with E-state index in [1.54, 1.807) is 17.0 Å². The summed E-state index contributed by atoms with van der Waals surface area (Å²) in [4.78, 5) is 16.3. The molecule has 0 aromatic heterocycles. The van der Waals surface area contributed by atoms with Gasteiger partial charge in [-0.1, -0.05) is 6.07 Å². The summed E-state index contributed by atoms with van der Waals surface area (Å²) in [5.74, 6) is -0.706. The number of anilines is 1. The largest absolute Gasteiger partial charge is 0.347 e. The van der Waals surface area contributed by atoms with Gasteiger partial charge < -0.3 is 19.7 Å². The number of benzene rings is 1. The Morgan fingerprint density at radius 2 is 1.92 bits per heavy atom. The number of nitrogens with one attached hydrogen (secondary N) is 1. The van der Waals surface area contributed by atoms with Crippen molar-refractivity contribution in [2.24, 2.45) is 0 Å². The molecule has 3 heterocycles. The van der Waals surface area contributed by atoms with E-state index in [1.165, 1.54) is 12.1 Å². The molecule has 3 fully saturated rings. The third-order valence-corrected chi connectivity index (χ3v) is 5.12. The number of halogens is 1. The van der Waals surface area contributed by atoms with Gasteiger partial charge in [-0.2, -0.15) is 0 Å². The molecule has 0 bridgehead atoms. The summed E-state index contributed by atoms with van der Waals surface area (Å²) in [7, 11) is 0. The number of hydrogen-bond acceptors (Lipinski definition) is 4. The van der Waals surface area contributed by atoms with E-state index < -0.39 is 0 Å². The molecule has 6 nitrogen and oxygen atoms in total. The molecular weight excluding hydrogens is 313 g/mol. The quantitative estimate of drug-likeness (QED) is 0.897. The lowest BCUT2D eigenvalue weighted by Crippen LogP contribution is -2.64. The van der Waals surface area contributed by atoms with Gasteiger partial charge in [-0.15, -0.1) is 0 Å². The number of likely N-dealkylation sites (tertiary alicyclic amines) is 2. The Hall–Kier alpha value is -1.70. The number of ether oxygens (including phenoxy) is 2. The fourth-order valence-corrected chi connectivity index (χ4v) is 3.64. The second kappa shape index (κ2) is 6.31. The van der Waals surface area contributed by atoms with Crippen LogP contribution in [0.15, 0.2) is 24.3 Å². The fourth-order valence-electron chi connectivity index (χ4n) is 3.64. The van der Waals surface area contributed by atoms with E-state index in [9.17, 15) is 9.18 Å². The van der Waals surface area contributed by atoms with Crippen molar-refractivity contribution >= 4 is 11.7 Å². The van der Waals surface area contributed by atoms with Crippen LogP contribution >= 0.6 is 0 Å². The highest BCUT2D eigenvalue weighted by atomic mass is 19.1. The molecule has 0 radical (unpaired) electrons. The van der Waals surface area contributed by atoms with Crippen LogP contribution in [-0.2, 0) is 9.47 Å². The van der Waals surface area contributed by atoms with E-state index >= 15 is 0 Å². The lowest BCUT2D eigenvalue weighted by Gasteiger charge is -2.48. The van der Waals surface area contributed by atoms with Crippen molar-refractivity contribution in [1.29, 1.82) is 0 Å². The number of urea groups is 1. The van der Waals surface area contributed by atoms with Crippen LogP contribution in [0.1, 0.15) is 12.8 Å². The number of amides is 2. The molecule has 1 aromatic rings. The maximum absolute atomic E-state index is 13.2. The first kappa shape index (κ1) is 15.8. The molecule has 0 atom stereocenters. The number of carbonyl (C=O) groups excluding carboxylic acids is 1. The Labute approximate surface area is 140 Å². The van der Waals surface area contributed by atoms with Crippen LogP contribution in [0.4, 0.5) is 14.9 Å². The SMILES string of the molecule is O=C(Nc1cccc(F)c1)N1CC(N2CCC3(CC2)OCCO3)C1. The summed E-state index contributed by atoms with van der Waals surface area (Å²) in [6, 6.07) is 6.16. The molecule has 1 spiro atoms. The van der Waals surface area contributed by atoms with E-state index in [-0.39, 0.29) is 17.6 Å². The lowest BCUT2D eigenvalue weighted by atomic mass is 9.99. The Bertz CT molecular complexity index is 605. The molecule has 0 unspecified atom stereocenters. The number of hydrogen-bond donors (Lipinski definition) is 1. The van der Waals surface area contributed by atoms with Crippen LogP contribution < -0.4 is 5.32 Å². The Morgan fingerprint density at radius 3 is 2.58 bits per heavy atom. The molecule has 0 aliphatic carbocycles. The van der Waals surface area contributed by atoms with Crippen molar-refractivity contribution in [1.82, 2.24) is 9.80 Å². The van der Waals surface area contributed by atoms with E-state index in [0.29, 0.717) is 38.0 Å². The Kier molecular flexibility index (Phi) is 4.15. The van der Waals surface area contributed by atoms with E-state index in [0.717, 1.165) is 25.9 Å². The standard InChI is InChI=1S/C17H22FN3O3/c18-13-2-1-3-14(10-13)19-16(22)21-11-15(12-21)20-6-4-17(5-7-20)23-8-9-24-17/h1-3,10,15H,4-9,11-12H2,(H,19,22). The monoisotopic (exact) mass is 335 g/mol. The summed E-state index contributed by atoms with van der Waals surface area (Å²) in [5.41, 5.74) is 0.485. The fraction of sp³-hybridized carbons (Fsp3) is 0.588. The zero-order valence-corrected chi connectivity index (χ0v) is 13.5. The lowest BCUT2D eigenvalue weighted by molar-refractivity contribution is -0.190. The molecule has 1 N–H and O–H groups in total. The second-order valence-corrected chi connectivity index (χ2v) is 6.64. The van der Waals surface area contributed by atoms with Gasteiger partial charge in [0.05, 0.1) is 13.2 Å². The minimum atomic E-state index is -0.354. The van der Waals surface area contributed by atoms with Gasteiger partial charge in [-0.05, 0) is 18.2 Å². The highest BCUT2D eigenvalue weighted by Gasteiger charge is 2.43. The van der Waals surface area contributed by atoms with Crippen LogP contribution in [0.2, 0.25) is 0 Å². The molecule has 24 heavy (non-hydrogen) atoms. The molecule has 0 saturated carbocycles. The second-order valence-electron chi connectivity index (χ2n) is 6.64. The maximum Gasteiger partial charge on any atom is 0.321 e. The smallest absolute Gasteiger partial charge is 0.321 e. The average molecular weight is 335 g/mol. The van der Waals surface area contributed by atoms with Crippen LogP contribution in [0.5, 0.6) is 0 Å². The van der Waals surface area contributed by atoms with Crippen molar-refractivity contribution < 1.29 is 18.7 Å². The van der Waals surface area contributed by atoms with Gasteiger partial charge in [-0.3, -0.25) is 4.90 Å². The third-order valence-electron chi connectivity index (χ3n) is 5.12. The minimum absolute atomic E-state index is 0.173. The van der Waals surface area contributed by atoms with Gasteiger partial charge in [0.2, 0.25) is 0 Å². The van der Waals surface area contributed by atoms with Crippen molar-refractivity contribution in [3.8, 4) is 0 Å². The molecule has 1 aromatic carbocycles. The molecule has 7 heteroatoms. The van der Waals surface area contributed by atoms with E-state index in [4.69, 9.17) is 9.47 Å². The maximum atomic E-state index is 13.2. The molecule has 2 amide bonds. The summed E-state index contributed by atoms with van der Waals surface area (Å²) in [6.45, 7) is 4.66. The topological polar surface area (TPSA) is 54.0 Å². The van der Waals surface area contributed by atoms with Gasteiger partial charge in [0.15, 0.2) is 5.79 Å². The zero-order chi connectivity index (χ0) is 16.6. The first-order valence-electron chi connectivity index (χ1n) is 8.47. The third kappa shape index (κ3) is 3.11. The number of rotatable bonds is 2. The summed E-state index contributed by atoms with van der Waals surface area (Å²) in [6.07, 6.45) is 1.78. The van der Waals surface area contributed by atoms with Crippen LogP contribution in [0.3, 0.4) is 0 Å². The van der Waals surface area contributed by atoms with Crippen LogP contribution in [0, 0.1) is 5.82 Å². The number of piperidine rings is 1. The van der Waals surface area contributed by atoms with Gasteiger partial charge in [0.1, 0.15) is 5.82 Å². The normalized spacial score (nSPS) is 24.1. The van der Waals surface area contributed by atoms with Crippen molar-refractivity contribution in [3.05, 3.63) is 30.1 Å². The molecule has 130 valence electrons. The van der Waals surface area contributed by atoms with Crippen LogP contribution in [-0.4, -0.2) is 67.1 Å².